The number of Topliss-reactive ketones (excluding diaryl/α,β-unsaturated/α-hetero) is 1. The summed E-state index contributed by atoms with van der Waals surface area (Å²) in [6.07, 6.45) is -0.882. The van der Waals surface area contributed by atoms with Gasteiger partial charge in [-0.25, -0.2) is 9.59 Å². The number of hydrogen-bond acceptors (Lipinski definition) is 16. The Morgan fingerprint density at radius 3 is 2.32 bits per heavy atom. The number of alkyl carbamates (subject to hydrolysis) is 1. The molecule has 1 heterocycles. The molecule has 2 amide bonds. The lowest BCUT2D eigenvalue weighted by Crippen LogP contribution is -2.56. The lowest BCUT2D eigenvalue weighted by Gasteiger charge is -2.42. The zero-order valence-electron chi connectivity index (χ0n) is 34.0. The minimum Gasteiger partial charge on any atom is -0.507 e. The number of methoxy groups -OCH3 is 1. The highest BCUT2D eigenvalue weighted by molar-refractivity contribution is 6.31. The Labute approximate surface area is 355 Å². The van der Waals surface area contributed by atoms with Gasteiger partial charge in [0.25, 0.3) is 0 Å². The van der Waals surface area contributed by atoms with Crippen molar-refractivity contribution in [2.75, 3.05) is 13.7 Å². The smallest absolute Gasteiger partial charge is 0.412 e. The van der Waals surface area contributed by atoms with E-state index in [-0.39, 0.29) is 58.9 Å². The topological polar surface area (TPSA) is 283 Å². The third kappa shape index (κ3) is 8.74. The van der Waals surface area contributed by atoms with Crippen molar-refractivity contribution >= 4 is 29.5 Å². The number of allylic oxidation sites excluding steroid dienone is 2. The molecule has 18 heteroatoms. The van der Waals surface area contributed by atoms with E-state index in [1.807, 2.05) is 0 Å². The highest BCUT2D eigenvalue weighted by atomic mass is 16.7. The first-order valence-electron chi connectivity index (χ1n) is 20.3. The van der Waals surface area contributed by atoms with Crippen LogP contribution in [-0.2, 0) is 32.0 Å². The predicted octanol–water partition coefficient (Wildman–Crippen LogP) is 2.88. The number of carbonyl (C=O) groups excluding carboxylic acids is 5. The Morgan fingerprint density at radius 2 is 1.61 bits per heavy atom. The highest BCUT2D eigenvalue weighted by Crippen LogP contribution is 2.52. The first-order valence-corrected chi connectivity index (χ1v) is 20.3. The van der Waals surface area contributed by atoms with Gasteiger partial charge in [-0.15, -0.1) is 0 Å². The molecule has 3 aliphatic carbocycles. The number of ketones is 3. The van der Waals surface area contributed by atoms with E-state index in [2.05, 4.69) is 22.8 Å². The molecule has 62 heavy (non-hydrogen) atoms. The second-order valence-corrected chi connectivity index (χ2v) is 15.9. The number of benzene rings is 3. The second-order valence-electron chi connectivity index (χ2n) is 15.9. The molecule has 0 aromatic heterocycles. The third-order valence-electron chi connectivity index (χ3n) is 11.9. The van der Waals surface area contributed by atoms with E-state index in [0.717, 1.165) is 19.3 Å². The molecule has 3 aromatic rings. The van der Waals surface area contributed by atoms with Gasteiger partial charge in [-0.05, 0) is 56.4 Å². The second kappa shape index (κ2) is 18.2. The molecule has 6 unspecified atom stereocenters. The molecule has 1 aliphatic heterocycles. The van der Waals surface area contributed by atoms with Gasteiger partial charge in [0.2, 0.25) is 5.78 Å². The van der Waals surface area contributed by atoms with Gasteiger partial charge in [0.05, 0.1) is 42.0 Å². The Morgan fingerprint density at radius 1 is 0.919 bits per heavy atom. The monoisotopic (exact) mass is 859 g/mol. The van der Waals surface area contributed by atoms with Crippen LogP contribution in [0.2, 0.25) is 0 Å². The van der Waals surface area contributed by atoms with E-state index in [4.69, 9.17) is 29.4 Å². The maximum Gasteiger partial charge on any atom is 0.412 e. The number of ether oxygens (including phenoxy) is 5. The molecule has 9 N–H and O–H groups in total. The molecule has 330 valence electrons. The maximum absolute atomic E-state index is 14.0. The summed E-state index contributed by atoms with van der Waals surface area (Å²) in [5.41, 5.74) is 2.61. The summed E-state index contributed by atoms with van der Waals surface area (Å²) in [4.78, 5) is 66.3. The van der Waals surface area contributed by atoms with Crippen molar-refractivity contribution in [3.05, 3.63) is 93.6 Å². The van der Waals surface area contributed by atoms with Crippen LogP contribution < -0.4 is 25.8 Å². The van der Waals surface area contributed by atoms with Gasteiger partial charge in [-0.3, -0.25) is 14.4 Å². The Balaban J connectivity index is 1.04. The molecule has 0 radical (unpaired) electrons. The predicted molar refractivity (Wildman–Crippen MR) is 216 cm³/mol. The van der Waals surface area contributed by atoms with Crippen LogP contribution in [0.15, 0.2) is 54.6 Å². The lowest BCUT2D eigenvalue weighted by molar-refractivity contribution is -0.249. The summed E-state index contributed by atoms with van der Waals surface area (Å²) in [6.45, 7) is 0.211. The number of phenolic OH excluding ortho intramolecular Hbond substituents is 2. The number of phenols is 2. The molecule has 0 saturated carbocycles. The van der Waals surface area contributed by atoms with Crippen molar-refractivity contribution in [3.8, 4) is 23.0 Å². The molecule has 1 fully saturated rings. The van der Waals surface area contributed by atoms with Crippen LogP contribution in [0.5, 0.6) is 23.0 Å². The maximum atomic E-state index is 14.0. The van der Waals surface area contributed by atoms with Gasteiger partial charge in [0, 0.05) is 48.0 Å². The third-order valence-corrected chi connectivity index (χ3v) is 11.9. The van der Waals surface area contributed by atoms with Crippen molar-refractivity contribution in [1.29, 1.82) is 0 Å². The van der Waals surface area contributed by atoms with E-state index in [0.29, 0.717) is 12.0 Å². The fraction of sp³-hybridized carbons (Fsp3) is 0.432. The van der Waals surface area contributed by atoms with Gasteiger partial charge in [0.15, 0.2) is 17.9 Å². The Hall–Kier alpha value is -5.89. The Bertz CT molecular complexity index is 2280. The Kier molecular flexibility index (Phi) is 13.0. The van der Waals surface area contributed by atoms with Crippen LogP contribution >= 0.6 is 0 Å². The van der Waals surface area contributed by atoms with E-state index < -0.39 is 108 Å². The first kappa shape index (κ1) is 44.2. The van der Waals surface area contributed by atoms with Crippen LogP contribution in [-0.4, -0.2) is 111 Å². The minimum atomic E-state index is -2.37. The molecule has 1 saturated heterocycles. The van der Waals surface area contributed by atoms with Gasteiger partial charge in [-0.1, -0.05) is 36.4 Å². The number of aliphatic hydroxyl groups excluding tert-OH is 2. The number of nitrogens with two attached hydrogens (primary N) is 1. The van der Waals surface area contributed by atoms with Crippen LogP contribution in [0.3, 0.4) is 0 Å². The highest BCUT2D eigenvalue weighted by Gasteiger charge is 2.50. The lowest BCUT2D eigenvalue weighted by atomic mass is 9.72. The zero-order valence-corrected chi connectivity index (χ0v) is 34.0. The molecular formula is C44H49N3O15. The summed E-state index contributed by atoms with van der Waals surface area (Å²) in [5, 5.41) is 61.2. The molecule has 8 atom stereocenters. The van der Waals surface area contributed by atoms with Gasteiger partial charge in [0.1, 0.15) is 47.9 Å². The number of amides is 2. The average molecular weight is 860 g/mol. The SMILES string of the molecule is COc1cccc2c1C(=O)c1c(O)c3c(c(O)c1C2=O)C[C@@](O)(C(=O)CO)C[C@@H]3OC1CC(NC(=O)OCc2ccc(OC(=O)NC3CC/C=C/CCC3N)cc2)C(O)C(C)O1. The molecule has 4 aliphatic rings. The summed E-state index contributed by atoms with van der Waals surface area (Å²) in [5.74, 6) is -3.91. The molecule has 7 rings (SSSR count). The van der Waals surface area contributed by atoms with Crippen LogP contribution in [0, 0.1) is 0 Å². The fourth-order valence-electron chi connectivity index (χ4n) is 8.54. The summed E-state index contributed by atoms with van der Waals surface area (Å²) in [6, 6.07) is 9.10. The van der Waals surface area contributed by atoms with Crippen molar-refractivity contribution in [1.82, 2.24) is 10.6 Å². The number of nitrogens with one attached hydrogen (secondary N) is 2. The molecule has 0 spiro atoms. The van der Waals surface area contributed by atoms with Crippen molar-refractivity contribution in [2.45, 2.75) is 107 Å². The summed E-state index contributed by atoms with van der Waals surface area (Å²) in [7, 11) is 1.30. The normalized spacial score (nSPS) is 27.3. The standard InChI is InChI=1S/C44H49N3O15/c1-21-37(50)28(47-42(55)59-20-22-12-14-23(15-13-22)61-43(56)46-27-10-6-4-3-5-9-26(27)45)16-32(60-21)62-30-18-44(57,31(49)19-48)17-25-34(30)41(54)36-35(39(25)52)38(51)24-8-7-11-29(58-2)33(24)40(36)53/h3-4,7-8,11-15,21,26-28,30,32,37,48,50,52,54,57H,5-6,9-10,16-20,45H2,1-2H3,(H,46,56)(H,47,55)/b4-3+/t21?,26?,27?,28?,30-,32?,37?,44-/m0/s1. The molecule has 3 aromatic carbocycles. The van der Waals surface area contributed by atoms with E-state index in [1.165, 1.54) is 44.4 Å². The molecular weight excluding hydrogens is 810 g/mol. The quantitative estimate of drug-likeness (QED) is 0.0841. The number of carbonyl (C=O) groups is 5. The van der Waals surface area contributed by atoms with E-state index >= 15 is 0 Å². The zero-order chi connectivity index (χ0) is 44.5. The molecule has 18 nitrogen and oxygen atoms in total. The van der Waals surface area contributed by atoms with Gasteiger partial charge < -0.3 is 65.6 Å². The average Bonchev–Trinajstić information content (AvgIpc) is 3.24. The van der Waals surface area contributed by atoms with Crippen LogP contribution in [0.25, 0.3) is 0 Å². The number of hydrogen-bond donors (Lipinski definition) is 8. The largest absolute Gasteiger partial charge is 0.507 e. The number of aliphatic hydroxyl groups is 3. The minimum absolute atomic E-state index is 0.0486. The number of rotatable bonds is 10. The van der Waals surface area contributed by atoms with Gasteiger partial charge >= 0.3 is 12.2 Å². The van der Waals surface area contributed by atoms with Crippen molar-refractivity contribution < 1.29 is 73.2 Å². The van der Waals surface area contributed by atoms with Crippen molar-refractivity contribution in [2.24, 2.45) is 5.73 Å². The van der Waals surface area contributed by atoms with E-state index in [1.54, 1.807) is 12.1 Å². The van der Waals surface area contributed by atoms with Crippen LogP contribution in [0.1, 0.15) is 100 Å². The summed E-state index contributed by atoms with van der Waals surface area (Å²) >= 11 is 0. The molecule has 0 bridgehead atoms. The number of fused-ring (bicyclic) bond motifs is 3. The number of aromatic hydroxyl groups is 2. The fourth-order valence-corrected chi connectivity index (χ4v) is 8.54. The van der Waals surface area contributed by atoms with Crippen molar-refractivity contribution in [3.63, 3.8) is 0 Å². The van der Waals surface area contributed by atoms with Gasteiger partial charge in [-0.2, -0.15) is 0 Å². The first-order chi connectivity index (χ1) is 29.6. The van der Waals surface area contributed by atoms with Crippen LogP contribution in [0.4, 0.5) is 9.59 Å². The summed E-state index contributed by atoms with van der Waals surface area (Å²) < 4.78 is 28.3. The van der Waals surface area contributed by atoms with E-state index in [9.17, 15) is 49.5 Å².